The van der Waals surface area contributed by atoms with Crippen LogP contribution in [0, 0.1) is 5.92 Å². The predicted molar refractivity (Wildman–Crippen MR) is 111 cm³/mol. The number of hydrogen-bond acceptors (Lipinski definition) is 2. The molecule has 152 valence electrons. The van der Waals surface area contributed by atoms with E-state index in [-0.39, 0.29) is 18.0 Å². The topological polar surface area (TPSA) is 40.6 Å². The maximum absolute atomic E-state index is 13.4. The molecule has 2 amide bonds. The maximum Gasteiger partial charge on any atom is 0.223 e. The van der Waals surface area contributed by atoms with Crippen LogP contribution >= 0.6 is 0 Å². The summed E-state index contributed by atoms with van der Waals surface area (Å²) in [4.78, 5) is 30.1. The Morgan fingerprint density at radius 1 is 0.893 bits per heavy atom. The van der Waals surface area contributed by atoms with Gasteiger partial charge in [-0.15, -0.1) is 0 Å². The average molecular weight is 383 g/mol. The Hall–Kier alpha value is -1.84. The molecule has 0 bridgehead atoms. The fraction of sp³-hybridized carbons (Fsp3) is 0.667. The molecule has 0 N–H and O–H groups in total. The lowest BCUT2D eigenvalue weighted by Gasteiger charge is -2.49. The molecule has 2 heterocycles. The first-order valence-corrected chi connectivity index (χ1v) is 11.3. The largest absolute Gasteiger partial charge is 0.338 e. The smallest absolute Gasteiger partial charge is 0.223 e. The van der Waals surface area contributed by atoms with E-state index >= 15 is 0 Å². The van der Waals surface area contributed by atoms with Gasteiger partial charge < -0.3 is 9.80 Å². The lowest BCUT2D eigenvalue weighted by molar-refractivity contribution is -0.143. The van der Waals surface area contributed by atoms with Crippen LogP contribution < -0.4 is 0 Å². The van der Waals surface area contributed by atoms with E-state index in [1.807, 2.05) is 0 Å². The number of likely N-dealkylation sites (tertiary alicyclic amines) is 2. The molecule has 4 nitrogen and oxygen atoms in total. The molecule has 0 spiro atoms. The number of nitrogens with zero attached hydrogens (tertiary/aromatic N) is 2. The van der Waals surface area contributed by atoms with Gasteiger partial charge >= 0.3 is 0 Å². The van der Waals surface area contributed by atoms with Crippen molar-refractivity contribution < 1.29 is 9.59 Å². The van der Waals surface area contributed by atoms with E-state index in [4.69, 9.17) is 0 Å². The van der Waals surface area contributed by atoms with E-state index in [0.717, 1.165) is 38.8 Å². The second kappa shape index (κ2) is 8.67. The summed E-state index contributed by atoms with van der Waals surface area (Å²) >= 11 is 0. The molecule has 3 aliphatic rings. The summed E-state index contributed by atoms with van der Waals surface area (Å²) in [5.74, 6) is 1.38. The van der Waals surface area contributed by atoms with Gasteiger partial charge in [-0.3, -0.25) is 9.59 Å². The summed E-state index contributed by atoms with van der Waals surface area (Å²) in [5, 5.41) is 0. The van der Waals surface area contributed by atoms with E-state index in [0.29, 0.717) is 24.2 Å². The van der Waals surface area contributed by atoms with Crippen molar-refractivity contribution in [1.82, 2.24) is 9.80 Å². The zero-order chi connectivity index (χ0) is 19.5. The van der Waals surface area contributed by atoms with Gasteiger partial charge in [0.25, 0.3) is 0 Å². The molecule has 3 atom stereocenters. The second-order valence-electron chi connectivity index (χ2n) is 9.01. The van der Waals surface area contributed by atoms with E-state index < -0.39 is 0 Å². The number of carbonyl (C=O) groups excluding carboxylic acids is 2. The fourth-order valence-corrected chi connectivity index (χ4v) is 5.93. The molecular formula is C24H34N2O2. The Balaban J connectivity index is 1.65. The molecule has 1 saturated carbocycles. The molecule has 3 fully saturated rings. The Morgan fingerprint density at radius 3 is 2.32 bits per heavy atom. The molecule has 0 aromatic heterocycles. The van der Waals surface area contributed by atoms with Gasteiger partial charge in [0.15, 0.2) is 0 Å². The molecule has 28 heavy (non-hydrogen) atoms. The summed E-state index contributed by atoms with van der Waals surface area (Å²) in [6, 6.07) is 10.9. The predicted octanol–water partition coefficient (Wildman–Crippen LogP) is 4.35. The molecule has 4 heteroatoms. The number of rotatable bonds is 3. The van der Waals surface area contributed by atoms with E-state index in [2.05, 4.69) is 40.1 Å². The number of piperidine rings is 1. The number of fused-ring (bicyclic) bond motifs is 1. The first-order chi connectivity index (χ1) is 13.6. The molecule has 1 aromatic carbocycles. The third-order valence-electron chi connectivity index (χ3n) is 7.29. The summed E-state index contributed by atoms with van der Waals surface area (Å²) in [6.07, 6.45) is 9.76. The van der Waals surface area contributed by atoms with Crippen molar-refractivity contribution in [1.29, 1.82) is 0 Å². The first kappa shape index (κ1) is 19.5. The van der Waals surface area contributed by atoms with Crippen LogP contribution in [0.15, 0.2) is 30.3 Å². The van der Waals surface area contributed by atoms with E-state index in [1.165, 1.54) is 31.2 Å². The normalized spacial score (nSPS) is 28.7. The molecule has 1 aliphatic carbocycles. The Bertz CT molecular complexity index is 683. The SMILES string of the molecule is CC(=O)N1CC[C@H](c2ccccc2)[C@@H]2[C@H]1CCCCN2C(=O)CC1CCCC1. The standard InChI is InChI=1S/C24H34N2O2/c1-18(27)25-16-14-21(20-11-3-2-4-12-20)24-22(25)13-7-8-15-26(24)23(28)17-19-9-5-6-10-19/h2-4,11-12,19,21-22,24H,5-10,13-17H2,1H3/t21-,22-,24-/m1/s1. The lowest BCUT2D eigenvalue weighted by Crippen LogP contribution is -2.60. The third kappa shape index (κ3) is 3.97. The highest BCUT2D eigenvalue weighted by Crippen LogP contribution is 2.40. The van der Waals surface area contributed by atoms with Gasteiger partial charge in [-0.05, 0) is 50.0 Å². The minimum Gasteiger partial charge on any atom is -0.338 e. The highest BCUT2D eigenvalue weighted by molar-refractivity contribution is 5.78. The number of amides is 2. The zero-order valence-electron chi connectivity index (χ0n) is 17.2. The first-order valence-electron chi connectivity index (χ1n) is 11.3. The van der Waals surface area contributed by atoms with Crippen LogP contribution in [-0.2, 0) is 9.59 Å². The van der Waals surface area contributed by atoms with Gasteiger partial charge in [-0.2, -0.15) is 0 Å². The van der Waals surface area contributed by atoms with Crippen LogP contribution in [-0.4, -0.2) is 46.8 Å². The van der Waals surface area contributed by atoms with Crippen molar-refractivity contribution >= 4 is 11.8 Å². The monoisotopic (exact) mass is 382 g/mol. The van der Waals surface area contributed by atoms with Crippen molar-refractivity contribution in [2.75, 3.05) is 13.1 Å². The summed E-state index contributed by atoms with van der Waals surface area (Å²) < 4.78 is 0. The Labute approximate surface area is 169 Å². The zero-order valence-corrected chi connectivity index (χ0v) is 17.2. The van der Waals surface area contributed by atoms with Gasteiger partial charge in [-0.1, -0.05) is 43.2 Å². The Kier molecular flexibility index (Phi) is 6.03. The van der Waals surface area contributed by atoms with Crippen molar-refractivity contribution in [2.24, 2.45) is 5.92 Å². The van der Waals surface area contributed by atoms with Crippen molar-refractivity contribution in [3.05, 3.63) is 35.9 Å². The number of carbonyl (C=O) groups is 2. The van der Waals surface area contributed by atoms with Crippen LogP contribution in [0.1, 0.15) is 76.2 Å². The second-order valence-corrected chi connectivity index (χ2v) is 9.01. The maximum atomic E-state index is 13.4. The molecule has 0 radical (unpaired) electrons. The Morgan fingerprint density at radius 2 is 1.61 bits per heavy atom. The molecule has 0 unspecified atom stereocenters. The van der Waals surface area contributed by atoms with Crippen molar-refractivity contribution in [2.45, 2.75) is 82.7 Å². The summed E-state index contributed by atoms with van der Waals surface area (Å²) in [6.45, 7) is 3.35. The fourth-order valence-electron chi connectivity index (χ4n) is 5.93. The molecule has 2 aliphatic heterocycles. The quantitative estimate of drug-likeness (QED) is 0.780. The van der Waals surface area contributed by atoms with Crippen molar-refractivity contribution in [3.8, 4) is 0 Å². The third-order valence-corrected chi connectivity index (χ3v) is 7.29. The summed E-state index contributed by atoms with van der Waals surface area (Å²) in [5.41, 5.74) is 1.32. The molecular weight excluding hydrogens is 348 g/mol. The van der Waals surface area contributed by atoms with E-state index in [1.54, 1.807) is 6.92 Å². The highest BCUT2D eigenvalue weighted by Gasteiger charge is 2.45. The van der Waals surface area contributed by atoms with Crippen molar-refractivity contribution in [3.63, 3.8) is 0 Å². The van der Waals surface area contributed by atoms with Gasteiger partial charge in [0.2, 0.25) is 11.8 Å². The minimum absolute atomic E-state index is 0.122. The van der Waals surface area contributed by atoms with E-state index in [9.17, 15) is 9.59 Å². The molecule has 2 saturated heterocycles. The number of benzene rings is 1. The highest BCUT2D eigenvalue weighted by atomic mass is 16.2. The van der Waals surface area contributed by atoms with Gasteiger partial charge in [-0.25, -0.2) is 0 Å². The minimum atomic E-state index is 0.122. The van der Waals surface area contributed by atoms with Crippen LogP contribution in [0.4, 0.5) is 0 Å². The molecule has 1 aromatic rings. The number of hydrogen-bond donors (Lipinski definition) is 0. The van der Waals surface area contributed by atoms with Gasteiger partial charge in [0.1, 0.15) is 0 Å². The summed E-state index contributed by atoms with van der Waals surface area (Å²) in [7, 11) is 0. The van der Waals surface area contributed by atoms with Gasteiger partial charge in [0.05, 0.1) is 12.1 Å². The van der Waals surface area contributed by atoms with Crippen LogP contribution in [0.25, 0.3) is 0 Å². The lowest BCUT2D eigenvalue weighted by atomic mass is 9.78. The average Bonchev–Trinajstić information content (AvgIpc) is 3.11. The van der Waals surface area contributed by atoms with Crippen LogP contribution in [0.5, 0.6) is 0 Å². The van der Waals surface area contributed by atoms with Crippen LogP contribution in [0.2, 0.25) is 0 Å². The molecule has 4 rings (SSSR count). The van der Waals surface area contributed by atoms with Gasteiger partial charge in [0, 0.05) is 32.4 Å². The van der Waals surface area contributed by atoms with Crippen LogP contribution in [0.3, 0.4) is 0 Å².